The van der Waals surface area contributed by atoms with Gasteiger partial charge in [0.2, 0.25) is 0 Å². The van der Waals surface area contributed by atoms with E-state index in [1.807, 2.05) is 50.2 Å². The van der Waals surface area contributed by atoms with Gasteiger partial charge in [-0.05, 0) is 37.6 Å². The molecule has 2 N–H and O–H groups in total. The average Bonchev–Trinajstić information content (AvgIpc) is 2.59. The van der Waals surface area contributed by atoms with E-state index in [1.54, 1.807) is 12.1 Å². The van der Waals surface area contributed by atoms with Gasteiger partial charge in [-0.2, -0.15) is 0 Å². The van der Waals surface area contributed by atoms with Crippen LogP contribution in [0.3, 0.4) is 0 Å². The summed E-state index contributed by atoms with van der Waals surface area (Å²) in [5, 5.41) is 6.14. The number of nitrogens with one attached hydrogen (secondary N) is 2. The Labute approximate surface area is 166 Å². The zero-order valence-corrected chi connectivity index (χ0v) is 16.8. The van der Waals surface area contributed by atoms with Crippen LogP contribution < -0.4 is 10.6 Å². The van der Waals surface area contributed by atoms with Crippen molar-refractivity contribution in [2.45, 2.75) is 31.8 Å². The first-order chi connectivity index (χ1) is 12.3. The first kappa shape index (κ1) is 19.2. The summed E-state index contributed by atoms with van der Waals surface area (Å²) < 4.78 is 12.6. The molecule has 2 aromatic rings. The second-order valence-corrected chi connectivity index (χ2v) is 7.81. The lowest BCUT2D eigenvalue weighted by Crippen LogP contribution is -2.52. The Morgan fingerprint density at radius 3 is 2.65 bits per heavy atom. The van der Waals surface area contributed by atoms with Crippen molar-refractivity contribution in [3.8, 4) is 0 Å². The molecule has 1 fully saturated rings. The minimum atomic E-state index is -0.718. The Morgan fingerprint density at radius 1 is 1.23 bits per heavy atom. The van der Waals surface area contributed by atoms with E-state index in [4.69, 9.17) is 21.1 Å². The number of hydrogen-bond donors (Lipinski definition) is 2. The molecule has 0 aromatic heterocycles. The number of rotatable bonds is 3. The minimum absolute atomic E-state index is 0.314. The van der Waals surface area contributed by atoms with Crippen LogP contribution >= 0.6 is 27.5 Å². The van der Waals surface area contributed by atoms with E-state index < -0.39 is 5.79 Å². The molecule has 26 heavy (non-hydrogen) atoms. The summed E-state index contributed by atoms with van der Waals surface area (Å²) in [7, 11) is 0. The average molecular weight is 440 g/mol. The molecule has 0 aliphatic carbocycles. The molecule has 2 aromatic carbocycles. The van der Waals surface area contributed by atoms with E-state index in [-0.39, 0.29) is 18.2 Å². The number of carbonyl (C=O) groups excluding carboxylic acids is 1. The van der Waals surface area contributed by atoms with Gasteiger partial charge in [0.05, 0.1) is 23.4 Å². The summed E-state index contributed by atoms with van der Waals surface area (Å²) in [4.78, 5) is 12.5. The SMILES string of the molecule is CC1(C)OC[C@H](NC(=O)Nc2ccc(Br)cc2Cl)[C@@H](c2ccccc2)O1. The van der Waals surface area contributed by atoms with Gasteiger partial charge in [0.15, 0.2) is 5.79 Å². The molecule has 1 heterocycles. The molecule has 2 atom stereocenters. The van der Waals surface area contributed by atoms with Crippen LogP contribution in [0.15, 0.2) is 53.0 Å². The van der Waals surface area contributed by atoms with E-state index in [1.165, 1.54) is 0 Å². The number of halogens is 2. The van der Waals surface area contributed by atoms with Crippen molar-refractivity contribution in [1.82, 2.24) is 5.32 Å². The highest BCUT2D eigenvalue weighted by Crippen LogP contribution is 2.33. The van der Waals surface area contributed by atoms with Gasteiger partial charge in [0, 0.05) is 4.47 Å². The molecule has 1 saturated heterocycles. The fourth-order valence-electron chi connectivity index (χ4n) is 2.78. The largest absolute Gasteiger partial charge is 0.348 e. The van der Waals surface area contributed by atoms with Crippen molar-refractivity contribution >= 4 is 39.2 Å². The van der Waals surface area contributed by atoms with Gasteiger partial charge < -0.3 is 20.1 Å². The van der Waals surface area contributed by atoms with Crippen molar-refractivity contribution in [2.24, 2.45) is 0 Å². The number of carbonyl (C=O) groups is 1. The summed E-state index contributed by atoms with van der Waals surface area (Å²) in [6, 6.07) is 14.3. The van der Waals surface area contributed by atoms with Crippen molar-refractivity contribution in [3.63, 3.8) is 0 Å². The Bertz CT molecular complexity index is 786. The Balaban J connectivity index is 1.73. The maximum atomic E-state index is 12.5. The van der Waals surface area contributed by atoms with E-state index in [0.29, 0.717) is 17.3 Å². The first-order valence-corrected chi connectivity index (χ1v) is 9.40. The highest BCUT2D eigenvalue weighted by molar-refractivity contribution is 9.10. The van der Waals surface area contributed by atoms with E-state index >= 15 is 0 Å². The number of urea groups is 1. The maximum absolute atomic E-state index is 12.5. The Morgan fingerprint density at radius 2 is 1.96 bits per heavy atom. The molecule has 2 amide bonds. The molecule has 0 saturated carbocycles. The molecule has 0 spiro atoms. The number of amides is 2. The summed E-state index contributed by atoms with van der Waals surface area (Å²) in [6.07, 6.45) is -0.314. The third kappa shape index (κ3) is 4.76. The molecule has 5 nitrogen and oxygen atoms in total. The zero-order valence-electron chi connectivity index (χ0n) is 14.5. The van der Waals surface area contributed by atoms with Gasteiger partial charge in [-0.15, -0.1) is 0 Å². The molecular formula is C19H20BrClN2O3. The van der Waals surface area contributed by atoms with Crippen molar-refractivity contribution in [1.29, 1.82) is 0 Å². The van der Waals surface area contributed by atoms with E-state index in [9.17, 15) is 4.79 Å². The summed E-state index contributed by atoms with van der Waals surface area (Å²) in [6.45, 7) is 4.07. The van der Waals surface area contributed by atoms with Crippen LogP contribution in [0.5, 0.6) is 0 Å². The molecule has 138 valence electrons. The smallest absolute Gasteiger partial charge is 0.319 e. The maximum Gasteiger partial charge on any atom is 0.319 e. The summed E-state index contributed by atoms with van der Waals surface area (Å²) in [5.74, 6) is -0.718. The molecule has 0 unspecified atom stereocenters. The molecular weight excluding hydrogens is 420 g/mol. The predicted octanol–water partition coefficient (Wildman–Crippen LogP) is 5.12. The third-order valence-corrected chi connectivity index (χ3v) is 4.82. The van der Waals surface area contributed by atoms with Gasteiger partial charge in [-0.1, -0.05) is 57.9 Å². The Hall–Kier alpha value is -1.60. The predicted molar refractivity (Wildman–Crippen MR) is 105 cm³/mol. The van der Waals surface area contributed by atoms with Gasteiger partial charge in [0.1, 0.15) is 6.10 Å². The highest BCUT2D eigenvalue weighted by atomic mass is 79.9. The van der Waals surface area contributed by atoms with Crippen molar-refractivity contribution < 1.29 is 14.3 Å². The standard InChI is InChI=1S/C19H20BrClN2O3/c1-19(2)25-11-16(17(26-19)12-6-4-3-5-7-12)23-18(24)22-15-9-8-13(20)10-14(15)21/h3-10,16-17H,11H2,1-2H3,(H2,22,23,24)/t16-,17+/m0/s1. The van der Waals surface area contributed by atoms with Crippen LogP contribution in [0, 0.1) is 0 Å². The van der Waals surface area contributed by atoms with Crippen LogP contribution in [-0.4, -0.2) is 24.5 Å². The topological polar surface area (TPSA) is 59.6 Å². The van der Waals surface area contributed by atoms with Gasteiger partial charge in [-0.3, -0.25) is 0 Å². The van der Waals surface area contributed by atoms with Crippen molar-refractivity contribution in [3.05, 3.63) is 63.6 Å². The van der Waals surface area contributed by atoms with Crippen LogP contribution in [0.2, 0.25) is 5.02 Å². The normalized spacial score (nSPS) is 21.8. The Kier molecular flexibility index (Phi) is 5.87. The fraction of sp³-hybridized carbons (Fsp3) is 0.316. The van der Waals surface area contributed by atoms with Crippen LogP contribution in [0.4, 0.5) is 10.5 Å². The number of hydrogen-bond acceptors (Lipinski definition) is 3. The second-order valence-electron chi connectivity index (χ2n) is 6.49. The number of anilines is 1. The van der Waals surface area contributed by atoms with E-state index in [2.05, 4.69) is 26.6 Å². The number of benzene rings is 2. The van der Waals surface area contributed by atoms with Crippen LogP contribution in [-0.2, 0) is 9.47 Å². The molecule has 0 radical (unpaired) electrons. The molecule has 1 aliphatic heterocycles. The zero-order chi connectivity index (χ0) is 18.7. The molecule has 1 aliphatic rings. The quantitative estimate of drug-likeness (QED) is 0.698. The second kappa shape index (κ2) is 7.96. The lowest BCUT2D eigenvalue weighted by Gasteiger charge is -2.41. The summed E-state index contributed by atoms with van der Waals surface area (Å²) in [5.41, 5.74) is 1.51. The van der Waals surface area contributed by atoms with Crippen LogP contribution in [0.25, 0.3) is 0 Å². The summed E-state index contributed by atoms with van der Waals surface area (Å²) >= 11 is 9.50. The van der Waals surface area contributed by atoms with Crippen molar-refractivity contribution in [2.75, 3.05) is 11.9 Å². The lowest BCUT2D eigenvalue weighted by atomic mass is 10.0. The molecule has 3 rings (SSSR count). The van der Waals surface area contributed by atoms with E-state index in [0.717, 1.165) is 10.0 Å². The van der Waals surface area contributed by atoms with Gasteiger partial charge in [-0.25, -0.2) is 4.79 Å². The monoisotopic (exact) mass is 438 g/mol. The molecule has 0 bridgehead atoms. The van der Waals surface area contributed by atoms with Gasteiger partial charge in [0.25, 0.3) is 0 Å². The van der Waals surface area contributed by atoms with Crippen LogP contribution in [0.1, 0.15) is 25.5 Å². The van der Waals surface area contributed by atoms with Gasteiger partial charge >= 0.3 is 6.03 Å². The molecule has 7 heteroatoms. The first-order valence-electron chi connectivity index (χ1n) is 8.23. The minimum Gasteiger partial charge on any atom is -0.348 e. The fourth-order valence-corrected chi connectivity index (χ4v) is 3.50. The highest BCUT2D eigenvalue weighted by Gasteiger charge is 2.38. The third-order valence-electron chi connectivity index (χ3n) is 4.01. The lowest BCUT2D eigenvalue weighted by molar-refractivity contribution is -0.284. The number of ether oxygens (including phenoxy) is 2.